The molecule has 5 nitrogen and oxygen atoms in total. The first kappa shape index (κ1) is 32.7. The Morgan fingerprint density at radius 2 is 2.15 bits per heavy atom. The van der Waals surface area contributed by atoms with E-state index in [0.717, 1.165) is 26.2 Å². The van der Waals surface area contributed by atoms with E-state index in [1.807, 2.05) is 12.3 Å². The van der Waals surface area contributed by atoms with Crippen molar-refractivity contribution in [2.45, 2.75) is 40.3 Å². The standard InChI is InChI=1S/C14H21N2O.C3H2ClN.C2H3O.K.Na/c1-14(2,3)13-11-16(7-8-17-13)10-12-5-4-6-15-9-12;1-3(4)2-5;1-2-3;;/h4-5,9,13H,7-8,10-11H2,1-3H3;1-2H;1H3;;/q-1;-2;-1;2*+1. The fourth-order valence-electron chi connectivity index (χ4n) is 2.07. The molecule has 1 aromatic rings. The Bertz CT molecular complexity index is 527. The van der Waals surface area contributed by atoms with Crippen molar-refractivity contribution in [3.8, 4) is 0 Å². The molecule has 1 saturated heterocycles. The van der Waals surface area contributed by atoms with Gasteiger partial charge in [0.05, 0.1) is 12.7 Å². The molecule has 2 heterocycles. The number of rotatable bonds is 3. The smallest absolute Gasteiger partial charge is 0.910 e. The third kappa shape index (κ3) is 17.6. The zero-order chi connectivity index (χ0) is 19.3. The predicted octanol–water partition coefficient (Wildman–Crippen LogP) is -2.57. The van der Waals surface area contributed by atoms with Gasteiger partial charge in [0.2, 0.25) is 0 Å². The number of ether oxygens (including phenoxy) is 1. The molecule has 0 bridgehead atoms. The quantitative estimate of drug-likeness (QED) is 0.303. The maximum Gasteiger partial charge on any atom is 1.00 e. The third-order valence-electron chi connectivity index (χ3n) is 3.32. The average Bonchev–Trinajstić information content (AvgIpc) is 2.56. The summed E-state index contributed by atoms with van der Waals surface area (Å²) >= 11 is 4.85. The fraction of sp³-hybridized carbons (Fsp3) is 0.526. The second kappa shape index (κ2) is 19.1. The Balaban J connectivity index is -0.000000496. The van der Waals surface area contributed by atoms with Crippen LogP contribution in [-0.4, -0.2) is 48.2 Å². The van der Waals surface area contributed by atoms with Gasteiger partial charge in [0.1, 0.15) is 0 Å². The molecule has 0 radical (unpaired) electrons. The van der Waals surface area contributed by atoms with E-state index >= 15 is 0 Å². The summed E-state index contributed by atoms with van der Waals surface area (Å²) in [5, 5.41) is 7.63. The van der Waals surface area contributed by atoms with Crippen LogP contribution in [0, 0.1) is 18.2 Å². The van der Waals surface area contributed by atoms with Crippen molar-refractivity contribution >= 4 is 24.1 Å². The molecule has 0 saturated carbocycles. The maximum absolute atomic E-state index is 8.68. The van der Waals surface area contributed by atoms with Crippen molar-refractivity contribution in [2.24, 2.45) is 5.41 Å². The number of hydrogen-bond donors (Lipinski definition) is 0. The Morgan fingerprint density at radius 1 is 1.59 bits per heavy atom. The van der Waals surface area contributed by atoms with Crippen molar-refractivity contribution < 1.29 is 90.5 Å². The van der Waals surface area contributed by atoms with Crippen LogP contribution in [0.5, 0.6) is 0 Å². The minimum atomic E-state index is -0.0926. The Morgan fingerprint density at radius 3 is 2.56 bits per heavy atom. The van der Waals surface area contributed by atoms with Crippen LogP contribution in [0.3, 0.4) is 0 Å². The van der Waals surface area contributed by atoms with Crippen LogP contribution < -0.4 is 80.9 Å². The number of halogens is 1. The number of allylic oxidation sites excluding steroid dienone is 1. The second-order valence-corrected chi connectivity index (χ2v) is 6.91. The fourth-order valence-corrected chi connectivity index (χ4v) is 2.07. The maximum atomic E-state index is 8.68. The van der Waals surface area contributed by atoms with Crippen molar-refractivity contribution in [3.05, 3.63) is 47.1 Å². The average molecular weight is 426 g/mol. The zero-order valence-electron chi connectivity index (χ0n) is 17.3. The van der Waals surface area contributed by atoms with Crippen LogP contribution in [-0.2, 0) is 16.1 Å². The first-order chi connectivity index (χ1) is 11.7. The number of pyridine rings is 1. The van der Waals surface area contributed by atoms with Crippen molar-refractivity contribution in [3.63, 3.8) is 0 Å². The molecule has 1 atom stereocenters. The van der Waals surface area contributed by atoms with Gasteiger partial charge in [-0.05, 0) is 5.41 Å². The van der Waals surface area contributed by atoms with Crippen LogP contribution in [0.25, 0.3) is 5.41 Å². The van der Waals surface area contributed by atoms with E-state index in [1.54, 1.807) is 0 Å². The summed E-state index contributed by atoms with van der Waals surface area (Å²) in [5.74, 6) is 0. The van der Waals surface area contributed by atoms with Crippen LogP contribution >= 0.6 is 11.6 Å². The van der Waals surface area contributed by atoms with Gasteiger partial charge in [-0.2, -0.15) is 24.1 Å². The summed E-state index contributed by atoms with van der Waals surface area (Å²) in [4.78, 5) is 15.2. The molecular weight excluding hydrogens is 400 g/mol. The van der Waals surface area contributed by atoms with Crippen LogP contribution in [0.15, 0.2) is 23.4 Å². The van der Waals surface area contributed by atoms with Crippen molar-refractivity contribution in [2.75, 3.05) is 19.7 Å². The predicted molar refractivity (Wildman–Crippen MR) is 102 cm³/mol. The summed E-state index contributed by atoms with van der Waals surface area (Å²) in [6.45, 7) is 16.5. The molecule has 0 aromatic carbocycles. The SMILES string of the molecule is CC(C)(C)C1CN(Cc2cc[c-]nc2)CCO1.C[C-]=O.[CH-]=C(Cl)C=[N-].[K+].[Na+]. The summed E-state index contributed by atoms with van der Waals surface area (Å²) in [5.41, 5.74) is 1.46. The van der Waals surface area contributed by atoms with E-state index in [1.165, 1.54) is 18.8 Å². The molecule has 2 rings (SSSR count). The number of morpholine rings is 1. The second-order valence-electron chi connectivity index (χ2n) is 6.47. The first-order valence-electron chi connectivity index (χ1n) is 7.93. The molecule has 0 amide bonds. The topological polar surface area (TPSA) is 64.7 Å². The Labute approximate surface area is 233 Å². The minimum Gasteiger partial charge on any atom is -0.910 e. The molecule has 0 aliphatic carbocycles. The molecule has 1 aliphatic rings. The van der Waals surface area contributed by atoms with Crippen LogP contribution in [0.2, 0.25) is 0 Å². The molecule has 1 unspecified atom stereocenters. The van der Waals surface area contributed by atoms with Gasteiger partial charge in [-0.15, -0.1) is 17.2 Å². The van der Waals surface area contributed by atoms with Crippen molar-refractivity contribution in [1.29, 1.82) is 0 Å². The molecule has 1 aromatic heterocycles. The van der Waals surface area contributed by atoms with Gasteiger partial charge >= 0.3 is 80.9 Å². The number of carbonyl (C=O) groups excluding carboxylic acids is 1. The van der Waals surface area contributed by atoms with E-state index in [9.17, 15) is 0 Å². The number of nitrogens with zero attached hydrogens (tertiary/aromatic N) is 3. The number of aromatic nitrogens is 1. The minimum absolute atomic E-state index is 0. The molecule has 140 valence electrons. The van der Waals surface area contributed by atoms with Crippen LogP contribution in [0.4, 0.5) is 0 Å². The monoisotopic (exact) mass is 425 g/mol. The largest absolute Gasteiger partial charge is 1.00 e. The molecule has 27 heavy (non-hydrogen) atoms. The molecule has 1 fully saturated rings. The van der Waals surface area contributed by atoms with E-state index in [0.29, 0.717) is 12.3 Å². The Kier molecular flexibility index (Phi) is 23.1. The van der Waals surface area contributed by atoms with Gasteiger partial charge in [0.25, 0.3) is 0 Å². The van der Waals surface area contributed by atoms with Gasteiger partial charge in [-0.3, -0.25) is 17.8 Å². The normalized spacial score (nSPS) is 16.0. The van der Waals surface area contributed by atoms with E-state index in [-0.39, 0.29) is 91.4 Å². The van der Waals surface area contributed by atoms with E-state index in [2.05, 4.69) is 49.5 Å². The first-order valence-corrected chi connectivity index (χ1v) is 8.31. The molecule has 8 heteroatoms. The summed E-state index contributed by atoms with van der Waals surface area (Å²) in [7, 11) is 0. The summed E-state index contributed by atoms with van der Waals surface area (Å²) < 4.78 is 5.85. The van der Waals surface area contributed by atoms with E-state index in [4.69, 9.17) is 26.5 Å². The molecule has 1 aliphatic heterocycles. The van der Waals surface area contributed by atoms with Gasteiger partial charge in [-0.25, -0.2) is 0 Å². The van der Waals surface area contributed by atoms with E-state index < -0.39 is 0 Å². The number of hydrogen-bond acceptors (Lipinski definition) is 4. The van der Waals surface area contributed by atoms with Crippen molar-refractivity contribution in [1.82, 2.24) is 9.88 Å². The third-order valence-corrected chi connectivity index (χ3v) is 3.42. The molecule has 0 spiro atoms. The summed E-state index contributed by atoms with van der Waals surface area (Å²) in [6.07, 6.45) is 7.15. The van der Waals surface area contributed by atoms with Gasteiger partial charge in [0, 0.05) is 19.6 Å². The molecule has 0 N–H and O–H groups in total. The van der Waals surface area contributed by atoms with Crippen LogP contribution in [0.1, 0.15) is 33.3 Å². The Hall–Kier alpha value is 1.08. The zero-order valence-corrected chi connectivity index (χ0v) is 23.2. The van der Waals surface area contributed by atoms with Gasteiger partial charge in [-0.1, -0.05) is 33.2 Å². The molecular formula is C19H26ClKN3NaO2-2. The van der Waals surface area contributed by atoms with Gasteiger partial charge < -0.3 is 26.1 Å². The summed E-state index contributed by atoms with van der Waals surface area (Å²) in [6, 6.07) is 3.95. The van der Waals surface area contributed by atoms with Gasteiger partial charge in [0.15, 0.2) is 0 Å².